The van der Waals surface area contributed by atoms with Gasteiger partial charge in [0.1, 0.15) is 0 Å². The van der Waals surface area contributed by atoms with Crippen molar-refractivity contribution in [3.8, 4) is 5.75 Å². The third-order valence-corrected chi connectivity index (χ3v) is 3.30. The fourth-order valence-electron chi connectivity index (χ4n) is 1.76. The summed E-state index contributed by atoms with van der Waals surface area (Å²) < 4.78 is 5.62. The van der Waals surface area contributed by atoms with Crippen molar-refractivity contribution in [3.05, 3.63) is 25.7 Å². The molecule has 1 atom stereocenters. The van der Waals surface area contributed by atoms with Gasteiger partial charge in [-0.15, -0.1) is 0 Å². The van der Waals surface area contributed by atoms with Crippen LogP contribution in [0, 0.1) is 3.70 Å². The summed E-state index contributed by atoms with van der Waals surface area (Å²) >= 11 is 1.92. The number of halogens is 1. The van der Waals surface area contributed by atoms with E-state index in [2.05, 4.69) is 4.98 Å². The van der Waals surface area contributed by atoms with Crippen molar-refractivity contribution < 1.29 is 14.6 Å². The molecule has 16 heavy (non-hydrogen) atoms. The van der Waals surface area contributed by atoms with Gasteiger partial charge in [-0.05, 0) is 35.1 Å². The zero-order valence-corrected chi connectivity index (χ0v) is 10.7. The Kier molecular flexibility index (Phi) is 2.79. The molecule has 1 aliphatic rings. The first-order valence-electron chi connectivity index (χ1n) is 4.81. The van der Waals surface area contributed by atoms with Gasteiger partial charge in [0.2, 0.25) is 5.78 Å². The fourth-order valence-corrected chi connectivity index (χ4v) is 2.32. The summed E-state index contributed by atoms with van der Waals surface area (Å²) in [5, 5.41) is 10.3. The Hall–Kier alpha value is -0.890. The second-order valence-corrected chi connectivity index (χ2v) is 4.78. The number of aliphatic hydroxyl groups is 1. The van der Waals surface area contributed by atoms with Gasteiger partial charge in [0.25, 0.3) is 5.56 Å². The molecule has 0 radical (unpaired) electrons. The number of ketones is 1. The molecule has 2 N–H and O–H groups in total. The first-order chi connectivity index (χ1) is 7.49. The summed E-state index contributed by atoms with van der Waals surface area (Å²) in [6.07, 6.45) is 0.224. The van der Waals surface area contributed by atoms with Crippen molar-refractivity contribution in [2.75, 3.05) is 6.61 Å². The van der Waals surface area contributed by atoms with Crippen LogP contribution in [0.1, 0.15) is 18.9 Å². The number of hydrogen-bond donors (Lipinski definition) is 2. The fraction of sp³-hybridized carbons (Fsp3) is 0.400. The van der Waals surface area contributed by atoms with Gasteiger partial charge in [-0.1, -0.05) is 6.92 Å². The number of Topliss-reactive ketones (excluding diaryl/α,β-unsaturated/α-hetero) is 1. The van der Waals surface area contributed by atoms with Gasteiger partial charge < -0.3 is 14.8 Å². The van der Waals surface area contributed by atoms with Gasteiger partial charge in [0.05, 0.1) is 3.70 Å². The zero-order chi connectivity index (χ0) is 11.9. The molecular weight excluding hydrogens is 325 g/mol. The highest BCUT2D eigenvalue weighted by atomic mass is 127. The van der Waals surface area contributed by atoms with Gasteiger partial charge >= 0.3 is 0 Å². The Labute approximate surface area is 105 Å². The molecule has 1 aromatic heterocycles. The molecule has 6 heteroatoms. The molecule has 2 rings (SSSR count). The third-order valence-electron chi connectivity index (χ3n) is 2.72. The van der Waals surface area contributed by atoms with Gasteiger partial charge in [0.15, 0.2) is 18.0 Å². The quantitative estimate of drug-likeness (QED) is 0.580. The van der Waals surface area contributed by atoms with Crippen molar-refractivity contribution in [2.24, 2.45) is 0 Å². The lowest BCUT2D eigenvalue weighted by Crippen LogP contribution is -2.44. The molecule has 0 spiro atoms. The number of fused-ring (bicyclic) bond motifs is 1. The molecule has 0 fully saturated rings. The van der Waals surface area contributed by atoms with Crippen LogP contribution in [0.4, 0.5) is 0 Å². The smallest absolute Gasteiger partial charge is 0.291 e. The van der Waals surface area contributed by atoms with E-state index < -0.39 is 16.9 Å². The molecule has 86 valence electrons. The lowest BCUT2D eigenvalue weighted by atomic mass is 9.85. The van der Waals surface area contributed by atoms with Crippen LogP contribution in [0.5, 0.6) is 5.75 Å². The Bertz CT molecular complexity index is 510. The second-order valence-electron chi connectivity index (χ2n) is 3.61. The number of carbonyl (C=O) groups excluding carboxylic acids is 1. The Morgan fingerprint density at radius 2 is 2.31 bits per heavy atom. The van der Waals surface area contributed by atoms with Crippen LogP contribution in [0.15, 0.2) is 10.9 Å². The van der Waals surface area contributed by atoms with Crippen LogP contribution < -0.4 is 10.3 Å². The first-order valence-corrected chi connectivity index (χ1v) is 5.88. The van der Waals surface area contributed by atoms with Gasteiger partial charge in [-0.2, -0.15) is 0 Å². The number of aromatic amines is 1. The van der Waals surface area contributed by atoms with E-state index >= 15 is 0 Å². The summed E-state index contributed by atoms with van der Waals surface area (Å²) in [6.45, 7) is 1.43. The maximum Gasteiger partial charge on any atom is 0.291 e. The lowest BCUT2D eigenvalue weighted by Gasteiger charge is -2.31. The zero-order valence-electron chi connectivity index (χ0n) is 8.54. The Morgan fingerprint density at radius 1 is 1.62 bits per heavy atom. The van der Waals surface area contributed by atoms with Crippen LogP contribution in [-0.4, -0.2) is 22.5 Å². The normalized spacial score (nSPS) is 23.8. The summed E-state index contributed by atoms with van der Waals surface area (Å²) in [4.78, 5) is 25.8. The van der Waals surface area contributed by atoms with E-state index in [9.17, 15) is 14.7 Å². The molecule has 1 aliphatic heterocycles. The highest BCUT2D eigenvalue weighted by Gasteiger charge is 2.43. The van der Waals surface area contributed by atoms with E-state index in [1.807, 2.05) is 22.6 Å². The molecular formula is C10H10INO4. The summed E-state index contributed by atoms with van der Waals surface area (Å²) in [5.41, 5.74) is -1.75. The predicted molar refractivity (Wildman–Crippen MR) is 64.5 cm³/mol. The van der Waals surface area contributed by atoms with Gasteiger partial charge in [-0.3, -0.25) is 9.59 Å². The SMILES string of the molecule is CC[C@@]1(O)C(=O)COc2c1cc(I)[nH]c2=O. The number of nitrogens with one attached hydrogen (secondary N) is 1. The third kappa shape index (κ3) is 1.56. The molecule has 5 nitrogen and oxygen atoms in total. The van der Waals surface area contributed by atoms with Gasteiger partial charge in [0, 0.05) is 5.56 Å². The number of rotatable bonds is 1. The van der Waals surface area contributed by atoms with Crippen molar-refractivity contribution in [2.45, 2.75) is 18.9 Å². The van der Waals surface area contributed by atoms with Crippen LogP contribution in [0.2, 0.25) is 0 Å². The van der Waals surface area contributed by atoms with Gasteiger partial charge in [-0.25, -0.2) is 0 Å². The average molecular weight is 335 g/mol. The van der Waals surface area contributed by atoms with Crippen LogP contribution in [0.25, 0.3) is 0 Å². The molecule has 1 aromatic rings. The number of pyridine rings is 1. The molecule has 0 bridgehead atoms. The monoisotopic (exact) mass is 335 g/mol. The minimum absolute atomic E-state index is 0.0457. The number of H-pyrrole nitrogens is 1. The van der Waals surface area contributed by atoms with Crippen molar-refractivity contribution >= 4 is 28.4 Å². The molecule has 0 saturated carbocycles. The molecule has 0 aliphatic carbocycles. The predicted octanol–water partition coefficient (Wildman–Crippen LogP) is 0.539. The van der Waals surface area contributed by atoms with E-state index in [1.165, 1.54) is 0 Å². The minimum atomic E-state index is -1.60. The largest absolute Gasteiger partial charge is 0.480 e. The number of ether oxygens (including phenoxy) is 1. The Morgan fingerprint density at radius 3 is 2.94 bits per heavy atom. The first kappa shape index (κ1) is 11.6. The topological polar surface area (TPSA) is 79.4 Å². The van der Waals surface area contributed by atoms with E-state index in [4.69, 9.17) is 4.74 Å². The van der Waals surface area contributed by atoms with E-state index in [0.717, 1.165) is 0 Å². The van der Waals surface area contributed by atoms with Crippen LogP contribution in [-0.2, 0) is 10.4 Å². The molecule has 0 amide bonds. The summed E-state index contributed by atoms with van der Waals surface area (Å²) in [5.74, 6) is -0.367. The highest BCUT2D eigenvalue weighted by molar-refractivity contribution is 14.1. The maximum absolute atomic E-state index is 11.6. The summed E-state index contributed by atoms with van der Waals surface area (Å²) in [6, 6.07) is 1.57. The van der Waals surface area contributed by atoms with Crippen LogP contribution >= 0.6 is 22.6 Å². The number of carbonyl (C=O) groups is 1. The average Bonchev–Trinajstić information content (AvgIpc) is 2.24. The van der Waals surface area contributed by atoms with E-state index in [-0.39, 0.29) is 24.3 Å². The number of hydrogen-bond acceptors (Lipinski definition) is 4. The van der Waals surface area contributed by atoms with Crippen molar-refractivity contribution in [1.29, 1.82) is 0 Å². The maximum atomic E-state index is 11.6. The van der Waals surface area contributed by atoms with E-state index in [0.29, 0.717) is 3.70 Å². The highest BCUT2D eigenvalue weighted by Crippen LogP contribution is 2.35. The van der Waals surface area contributed by atoms with E-state index in [1.54, 1.807) is 13.0 Å². The molecule has 2 heterocycles. The number of aromatic nitrogens is 1. The van der Waals surface area contributed by atoms with Crippen molar-refractivity contribution in [1.82, 2.24) is 4.98 Å². The minimum Gasteiger partial charge on any atom is -0.480 e. The Balaban J connectivity index is 2.73. The molecule has 0 aromatic carbocycles. The van der Waals surface area contributed by atoms with Crippen LogP contribution in [0.3, 0.4) is 0 Å². The molecule has 0 saturated heterocycles. The molecule has 0 unspecified atom stereocenters. The summed E-state index contributed by atoms with van der Waals surface area (Å²) in [7, 11) is 0. The van der Waals surface area contributed by atoms with Crippen molar-refractivity contribution in [3.63, 3.8) is 0 Å². The second kappa shape index (κ2) is 3.85. The standard InChI is InChI=1S/C10H10INO4/c1-2-10(15)5-3-7(11)12-9(14)8(5)16-4-6(10)13/h3,15H,2,4H2,1H3,(H,12,14)/t10-/m0/s1. The lowest BCUT2D eigenvalue weighted by molar-refractivity contribution is -0.143.